The molecule has 23 heavy (non-hydrogen) atoms. The van der Waals surface area contributed by atoms with Gasteiger partial charge < -0.3 is 9.88 Å². The van der Waals surface area contributed by atoms with Crippen molar-refractivity contribution in [2.45, 2.75) is 49.1 Å². The van der Waals surface area contributed by atoms with Gasteiger partial charge in [0, 0.05) is 13.1 Å². The van der Waals surface area contributed by atoms with Crippen molar-refractivity contribution in [2.75, 3.05) is 0 Å². The van der Waals surface area contributed by atoms with Crippen molar-refractivity contribution in [1.29, 1.82) is 0 Å². The predicted molar refractivity (Wildman–Crippen MR) is 94.4 cm³/mol. The number of aromatic nitrogens is 2. The summed E-state index contributed by atoms with van der Waals surface area (Å²) >= 11 is 1.52. The first kappa shape index (κ1) is 16.1. The fourth-order valence-electron chi connectivity index (χ4n) is 2.98. The van der Waals surface area contributed by atoms with Crippen LogP contribution in [0.5, 0.6) is 0 Å². The van der Waals surface area contributed by atoms with E-state index >= 15 is 0 Å². The van der Waals surface area contributed by atoms with E-state index in [9.17, 15) is 4.79 Å². The molecule has 5 heteroatoms. The number of amides is 1. The summed E-state index contributed by atoms with van der Waals surface area (Å²) in [6, 6.07) is 10.6. The fraction of sp³-hybridized carbons (Fsp3) is 0.444. The second kappa shape index (κ2) is 7.21. The van der Waals surface area contributed by atoms with E-state index < -0.39 is 0 Å². The Morgan fingerprint density at radius 1 is 1.30 bits per heavy atom. The van der Waals surface area contributed by atoms with Crippen LogP contribution in [0.15, 0.2) is 41.7 Å². The number of benzene rings is 1. The molecule has 1 aromatic carbocycles. The number of carbonyl (C=O) groups is 1. The molecule has 1 aliphatic carbocycles. The lowest BCUT2D eigenvalue weighted by Crippen LogP contribution is -2.37. The van der Waals surface area contributed by atoms with Gasteiger partial charge in [-0.1, -0.05) is 54.9 Å². The quantitative estimate of drug-likeness (QED) is 0.852. The second-order valence-electron chi connectivity index (χ2n) is 6.10. The lowest BCUT2D eigenvalue weighted by molar-refractivity contribution is -0.120. The topological polar surface area (TPSA) is 46.9 Å². The maximum absolute atomic E-state index is 12.3. The monoisotopic (exact) mass is 329 g/mol. The number of carbonyl (C=O) groups excluding carboxylic acids is 1. The zero-order valence-corrected chi connectivity index (χ0v) is 14.5. The van der Waals surface area contributed by atoms with Gasteiger partial charge in [0.25, 0.3) is 0 Å². The van der Waals surface area contributed by atoms with Gasteiger partial charge in [0.1, 0.15) is 0 Å². The van der Waals surface area contributed by atoms with E-state index in [0.29, 0.717) is 6.04 Å². The Kier molecular flexibility index (Phi) is 5.06. The number of rotatable bonds is 5. The highest BCUT2D eigenvalue weighted by molar-refractivity contribution is 8.00. The lowest BCUT2D eigenvalue weighted by atomic mass is 10.2. The van der Waals surface area contributed by atoms with E-state index in [-0.39, 0.29) is 11.2 Å². The van der Waals surface area contributed by atoms with Gasteiger partial charge in [-0.2, -0.15) is 0 Å². The third-order valence-electron chi connectivity index (χ3n) is 4.37. The van der Waals surface area contributed by atoms with Crippen LogP contribution >= 0.6 is 11.8 Å². The molecule has 1 N–H and O–H groups in total. The Labute approximate surface area is 141 Å². The van der Waals surface area contributed by atoms with Gasteiger partial charge in [0.15, 0.2) is 5.16 Å². The Hall–Kier alpha value is -1.75. The number of imidazole rings is 1. The van der Waals surface area contributed by atoms with Gasteiger partial charge in [-0.3, -0.25) is 4.79 Å². The summed E-state index contributed by atoms with van der Waals surface area (Å²) in [6.07, 6.45) is 6.56. The van der Waals surface area contributed by atoms with Crippen LogP contribution in [0.2, 0.25) is 0 Å². The molecule has 1 fully saturated rings. The molecule has 1 saturated carbocycles. The summed E-state index contributed by atoms with van der Waals surface area (Å²) in [5.41, 5.74) is 2.20. The summed E-state index contributed by atoms with van der Waals surface area (Å²) in [5.74, 6) is 0.117. The molecular weight excluding hydrogens is 306 g/mol. The third-order valence-corrected chi connectivity index (χ3v) is 5.53. The molecule has 0 aliphatic heterocycles. The van der Waals surface area contributed by atoms with Gasteiger partial charge in [-0.25, -0.2) is 4.98 Å². The van der Waals surface area contributed by atoms with Crippen LogP contribution in [-0.2, 0) is 11.8 Å². The number of hydrogen-bond acceptors (Lipinski definition) is 3. The molecule has 122 valence electrons. The van der Waals surface area contributed by atoms with E-state index in [4.69, 9.17) is 0 Å². The minimum absolute atomic E-state index is 0.117. The van der Waals surface area contributed by atoms with Gasteiger partial charge in [-0.05, 0) is 25.3 Å². The van der Waals surface area contributed by atoms with Gasteiger partial charge >= 0.3 is 0 Å². The predicted octanol–water partition coefficient (Wildman–Crippen LogP) is 3.63. The molecule has 1 unspecified atom stereocenters. The molecule has 0 saturated heterocycles. The standard InChI is InChI=1S/C18H23N3OS/c1-13(17(22)20-15-10-6-7-11-15)23-18-19-12-16(21(18)2)14-8-4-3-5-9-14/h3-5,8-9,12-13,15H,6-7,10-11H2,1-2H3,(H,20,22). The Balaban J connectivity index is 1.66. The van der Waals surface area contributed by atoms with Crippen LogP contribution in [0, 0.1) is 0 Å². The number of hydrogen-bond donors (Lipinski definition) is 1. The molecule has 1 aliphatic rings. The third kappa shape index (κ3) is 3.78. The molecule has 0 radical (unpaired) electrons. The minimum Gasteiger partial charge on any atom is -0.352 e. The zero-order chi connectivity index (χ0) is 16.2. The summed E-state index contributed by atoms with van der Waals surface area (Å²) < 4.78 is 2.05. The van der Waals surface area contributed by atoms with Crippen LogP contribution in [0.3, 0.4) is 0 Å². The molecule has 3 rings (SSSR count). The van der Waals surface area contributed by atoms with Gasteiger partial charge in [0.2, 0.25) is 5.91 Å². The molecule has 0 spiro atoms. The van der Waals surface area contributed by atoms with E-state index in [1.807, 2.05) is 38.4 Å². The number of nitrogens with one attached hydrogen (secondary N) is 1. The maximum Gasteiger partial charge on any atom is 0.233 e. The van der Waals surface area contributed by atoms with Crippen molar-refractivity contribution >= 4 is 17.7 Å². The Morgan fingerprint density at radius 3 is 2.70 bits per heavy atom. The van der Waals surface area contributed by atoms with Crippen molar-refractivity contribution in [3.05, 3.63) is 36.5 Å². The molecule has 1 heterocycles. The number of nitrogens with zero attached hydrogens (tertiary/aromatic N) is 2. The summed E-state index contributed by atoms with van der Waals surface area (Å²) in [4.78, 5) is 16.8. The summed E-state index contributed by atoms with van der Waals surface area (Å²) in [7, 11) is 2.00. The van der Waals surface area contributed by atoms with E-state index in [2.05, 4.69) is 27.0 Å². The molecule has 1 amide bonds. The van der Waals surface area contributed by atoms with Crippen LogP contribution in [-0.4, -0.2) is 26.8 Å². The van der Waals surface area contributed by atoms with Crippen LogP contribution in [0.25, 0.3) is 11.3 Å². The first-order chi connectivity index (χ1) is 11.1. The van der Waals surface area contributed by atoms with E-state index in [1.165, 1.54) is 24.6 Å². The number of thioether (sulfide) groups is 1. The maximum atomic E-state index is 12.3. The van der Waals surface area contributed by atoms with Crippen molar-refractivity contribution < 1.29 is 4.79 Å². The largest absolute Gasteiger partial charge is 0.352 e. The molecule has 4 nitrogen and oxygen atoms in total. The fourth-order valence-corrected chi connectivity index (χ4v) is 3.84. The first-order valence-electron chi connectivity index (χ1n) is 8.19. The average Bonchev–Trinajstić information content (AvgIpc) is 3.19. The Morgan fingerprint density at radius 2 is 2.00 bits per heavy atom. The van der Waals surface area contributed by atoms with Crippen molar-refractivity contribution in [1.82, 2.24) is 14.9 Å². The Bertz CT molecular complexity index is 662. The molecular formula is C18H23N3OS. The molecule has 1 atom stereocenters. The summed E-state index contributed by atoms with van der Waals surface area (Å²) in [5, 5.41) is 3.89. The van der Waals surface area contributed by atoms with Gasteiger partial charge in [0.05, 0.1) is 17.1 Å². The van der Waals surface area contributed by atoms with E-state index in [0.717, 1.165) is 29.3 Å². The highest BCUT2D eigenvalue weighted by Crippen LogP contribution is 2.27. The SMILES string of the molecule is CC(Sc1ncc(-c2ccccc2)n1C)C(=O)NC1CCCC1. The molecule has 2 aromatic rings. The smallest absolute Gasteiger partial charge is 0.233 e. The first-order valence-corrected chi connectivity index (χ1v) is 9.07. The van der Waals surface area contributed by atoms with E-state index in [1.54, 1.807) is 0 Å². The molecule has 0 bridgehead atoms. The summed E-state index contributed by atoms with van der Waals surface area (Å²) in [6.45, 7) is 1.95. The van der Waals surface area contributed by atoms with Crippen molar-refractivity contribution in [2.24, 2.45) is 7.05 Å². The van der Waals surface area contributed by atoms with Crippen LogP contribution in [0.1, 0.15) is 32.6 Å². The zero-order valence-electron chi connectivity index (χ0n) is 13.7. The van der Waals surface area contributed by atoms with Crippen molar-refractivity contribution in [3.8, 4) is 11.3 Å². The van der Waals surface area contributed by atoms with Crippen LogP contribution in [0.4, 0.5) is 0 Å². The average molecular weight is 329 g/mol. The van der Waals surface area contributed by atoms with Crippen molar-refractivity contribution in [3.63, 3.8) is 0 Å². The second-order valence-corrected chi connectivity index (χ2v) is 7.41. The lowest BCUT2D eigenvalue weighted by Gasteiger charge is -2.16. The minimum atomic E-state index is -0.139. The van der Waals surface area contributed by atoms with Crippen LogP contribution < -0.4 is 5.32 Å². The van der Waals surface area contributed by atoms with Gasteiger partial charge in [-0.15, -0.1) is 0 Å². The molecule has 1 aromatic heterocycles. The highest BCUT2D eigenvalue weighted by Gasteiger charge is 2.22. The normalized spacial score (nSPS) is 16.4. The highest BCUT2D eigenvalue weighted by atomic mass is 32.2.